The van der Waals surface area contributed by atoms with Gasteiger partial charge in [-0.05, 0) is 42.8 Å². The summed E-state index contributed by atoms with van der Waals surface area (Å²) in [5.41, 5.74) is 3.11. The summed E-state index contributed by atoms with van der Waals surface area (Å²) in [5.74, 6) is 0. The van der Waals surface area contributed by atoms with Gasteiger partial charge in [0.2, 0.25) is 0 Å². The second kappa shape index (κ2) is 4.89. The van der Waals surface area contributed by atoms with E-state index in [1.165, 1.54) is 4.31 Å². The molecular formula is C15H15N3O2S. The smallest absolute Gasteiger partial charge is 0.264 e. The third-order valence-electron chi connectivity index (χ3n) is 3.42. The molecule has 0 aliphatic rings. The average Bonchev–Trinajstić information content (AvgIpc) is 2.93. The van der Waals surface area contributed by atoms with Crippen LogP contribution in [0, 0.1) is 6.92 Å². The molecule has 0 aliphatic heterocycles. The molecule has 2 aromatic carbocycles. The number of H-pyrrole nitrogens is 1. The van der Waals surface area contributed by atoms with Crippen molar-refractivity contribution in [3.05, 3.63) is 54.4 Å². The SMILES string of the molecule is Cc1cccc(S(=O)(=O)N(C)c2ccc3nc[nH]c3c2)c1. The van der Waals surface area contributed by atoms with Gasteiger partial charge in [-0.1, -0.05) is 12.1 Å². The fraction of sp³-hybridized carbons (Fsp3) is 0.133. The number of nitrogens with one attached hydrogen (secondary N) is 1. The van der Waals surface area contributed by atoms with E-state index in [1.54, 1.807) is 49.8 Å². The molecule has 3 rings (SSSR count). The summed E-state index contributed by atoms with van der Waals surface area (Å²) >= 11 is 0. The van der Waals surface area contributed by atoms with Crippen molar-refractivity contribution in [2.45, 2.75) is 11.8 Å². The predicted octanol–water partition coefficient (Wildman–Crippen LogP) is 2.70. The summed E-state index contributed by atoms with van der Waals surface area (Å²) in [5, 5.41) is 0. The Morgan fingerprint density at radius 3 is 2.71 bits per heavy atom. The zero-order valence-corrected chi connectivity index (χ0v) is 12.6. The summed E-state index contributed by atoms with van der Waals surface area (Å²) in [7, 11) is -2.02. The maximum absolute atomic E-state index is 12.7. The number of aromatic amines is 1. The van der Waals surface area contributed by atoms with Crippen molar-refractivity contribution in [1.82, 2.24) is 9.97 Å². The van der Waals surface area contributed by atoms with Crippen molar-refractivity contribution in [2.24, 2.45) is 0 Å². The molecule has 0 fully saturated rings. The van der Waals surface area contributed by atoms with E-state index in [0.29, 0.717) is 5.69 Å². The average molecular weight is 301 g/mol. The van der Waals surface area contributed by atoms with E-state index in [-0.39, 0.29) is 4.90 Å². The van der Waals surface area contributed by atoms with E-state index in [1.807, 2.05) is 13.0 Å². The first-order valence-electron chi connectivity index (χ1n) is 6.47. The van der Waals surface area contributed by atoms with Crippen LogP contribution in [0.1, 0.15) is 5.56 Å². The van der Waals surface area contributed by atoms with Crippen LogP contribution in [0.25, 0.3) is 11.0 Å². The minimum Gasteiger partial charge on any atom is -0.345 e. The molecule has 0 saturated carbocycles. The van der Waals surface area contributed by atoms with Gasteiger partial charge in [0, 0.05) is 7.05 Å². The lowest BCUT2D eigenvalue weighted by molar-refractivity contribution is 0.594. The molecule has 21 heavy (non-hydrogen) atoms. The van der Waals surface area contributed by atoms with Gasteiger partial charge in [0.05, 0.1) is 27.9 Å². The summed E-state index contributed by atoms with van der Waals surface area (Å²) in [6.07, 6.45) is 1.59. The molecule has 0 saturated heterocycles. The third kappa shape index (κ3) is 2.38. The van der Waals surface area contributed by atoms with E-state index in [4.69, 9.17) is 0 Å². The molecule has 0 atom stereocenters. The molecule has 0 unspecified atom stereocenters. The van der Waals surface area contributed by atoms with Gasteiger partial charge in [-0.15, -0.1) is 0 Å². The summed E-state index contributed by atoms with van der Waals surface area (Å²) in [6, 6.07) is 12.2. The van der Waals surface area contributed by atoms with Crippen molar-refractivity contribution >= 4 is 26.7 Å². The quantitative estimate of drug-likeness (QED) is 0.809. The fourth-order valence-electron chi connectivity index (χ4n) is 2.19. The standard InChI is InChI=1S/C15H15N3O2S/c1-11-4-3-5-13(8-11)21(19,20)18(2)12-6-7-14-15(9-12)17-10-16-14/h3-10H,1-2H3,(H,16,17). The number of benzene rings is 2. The van der Waals surface area contributed by atoms with Crippen molar-refractivity contribution < 1.29 is 8.42 Å². The molecule has 0 radical (unpaired) electrons. The van der Waals surface area contributed by atoms with Crippen LogP contribution in [-0.4, -0.2) is 25.4 Å². The molecule has 3 aromatic rings. The number of imidazole rings is 1. The monoisotopic (exact) mass is 301 g/mol. The molecule has 1 heterocycles. The highest BCUT2D eigenvalue weighted by atomic mass is 32.2. The highest BCUT2D eigenvalue weighted by Gasteiger charge is 2.21. The number of aryl methyl sites for hydroxylation is 1. The van der Waals surface area contributed by atoms with Crippen LogP contribution in [0.2, 0.25) is 0 Å². The molecule has 0 bridgehead atoms. The first-order valence-corrected chi connectivity index (χ1v) is 7.91. The summed E-state index contributed by atoms with van der Waals surface area (Å²) in [4.78, 5) is 7.40. The van der Waals surface area contributed by atoms with Crippen LogP contribution >= 0.6 is 0 Å². The molecule has 0 spiro atoms. The number of fused-ring (bicyclic) bond motifs is 1. The Balaban J connectivity index is 2.05. The van der Waals surface area contributed by atoms with Gasteiger partial charge in [-0.2, -0.15) is 0 Å². The Kier molecular flexibility index (Phi) is 3.17. The van der Waals surface area contributed by atoms with E-state index in [2.05, 4.69) is 9.97 Å². The minimum absolute atomic E-state index is 0.287. The Bertz CT molecular complexity index is 900. The van der Waals surface area contributed by atoms with Crippen molar-refractivity contribution in [2.75, 3.05) is 11.4 Å². The summed E-state index contributed by atoms with van der Waals surface area (Å²) < 4.78 is 26.6. The first kappa shape index (κ1) is 13.6. The van der Waals surface area contributed by atoms with Crippen LogP contribution in [0.5, 0.6) is 0 Å². The number of aromatic nitrogens is 2. The molecule has 1 N–H and O–H groups in total. The Labute approximate surface area is 123 Å². The number of nitrogens with zero attached hydrogens (tertiary/aromatic N) is 2. The van der Waals surface area contributed by atoms with Gasteiger partial charge in [0.25, 0.3) is 10.0 Å². The van der Waals surface area contributed by atoms with Crippen molar-refractivity contribution in [1.29, 1.82) is 0 Å². The molecule has 108 valence electrons. The lowest BCUT2D eigenvalue weighted by Gasteiger charge is -2.19. The van der Waals surface area contributed by atoms with Gasteiger partial charge >= 0.3 is 0 Å². The lowest BCUT2D eigenvalue weighted by atomic mass is 10.2. The number of sulfonamides is 1. The molecule has 1 aromatic heterocycles. The van der Waals surface area contributed by atoms with E-state index in [0.717, 1.165) is 16.6 Å². The van der Waals surface area contributed by atoms with Gasteiger partial charge < -0.3 is 4.98 Å². The van der Waals surface area contributed by atoms with Gasteiger partial charge in [0.1, 0.15) is 0 Å². The topological polar surface area (TPSA) is 66.1 Å². The van der Waals surface area contributed by atoms with Gasteiger partial charge in [0.15, 0.2) is 0 Å². The second-order valence-electron chi connectivity index (χ2n) is 4.89. The highest BCUT2D eigenvalue weighted by molar-refractivity contribution is 7.92. The zero-order chi connectivity index (χ0) is 15.0. The second-order valence-corrected chi connectivity index (χ2v) is 6.86. The van der Waals surface area contributed by atoms with Crippen LogP contribution in [0.4, 0.5) is 5.69 Å². The predicted molar refractivity (Wildman–Crippen MR) is 82.9 cm³/mol. The maximum Gasteiger partial charge on any atom is 0.264 e. The lowest BCUT2D eigenvalue weighted by Crippen LogP contribution is -2.26. The number of hydrogen-bond acceptors (Lipinski definition) is 3. The third-order valence-corrected chi connectivity index (χ3v) is 5.20. The fourth-order valence-corrected chi connectivity index (χ4v) is 3.48. The highest BCUT2D eigenvalue weighted by Crippen LogP contribution is 2.25. The normalized spacial score (nSPS) is 11.7. The van der Waals surface area contributed by atoms with Crippen molar-refractivity contribution in [3.8, 4) is 0 Å². The number of hydrogen-bond donors (Lipinski definition) is 1. The van der Waals surface area contributed by atoms with Gasteiger partial charge in [-0.3, -0.25) is 4.31 Å². The Morgan fingerprint density at radius 1 is 1.14 bits per heavy atom. The Morgan fingerprint density at radius 2 is 1.95 bits per heavy atom. The Hall–Kier alpha value is -2.34. The summed E-state index contributed by atoms with van der Waals surface area (Å²) in [6.45, 7) is 1.87. The maximum atomic E-state index is 12.7. The first-order chi connectivity index (χ1) is 9.98. The van der Waals surface area contributed by atoms with E-state index in [9.17, 15) is 8.42 Å². The van der Waals surface area contributed by atoms with Crippen LogP contribution in [-0.2, 0) is 10.0 Å². The van der Waals surface area contributed by atoms with E-state index >= 15 is 0 Å². The molecular weight excluding hydrogens is 286 g/mol. The molecule has 5 nitrogen and oxygen atoms in total. The van der Waals surface area contributed by atoms with Crippen LogP contribution in [0.3, 0.4) is 0 Å². The van der Waals surface area contributed by atoms with Crippen molar-refractivity contribution in [3.63, 3.8) is 0 Å². The number of anilines is 1. The molecule has 6 heteroatoms. The number of rotatable bonds is 3. The van der Waals surface area contributed by atoms with Crippen LogP contribution < -0.4 is 4.31 Å². The molecule has 0 amide bonds. The minimum atomic E-state index is -3.57. The zero-order valence-electron chi connectivity index (χ0n) is 11.7. The van der Waals surface area contributed by atoms with Crippen LogP contribution in [0.15, 0.2) is 53.7 Å². The molecule has 0 aliphatic carbocycles. The largest absolute Gasteiger partial charge is 0.345 e. The van der Waals surface area contributed by atoms with Gasteiger partial charge in [-0.25, -0.2) is 13.4 Å². The van der Waals surface area contributed by atoms with E-state index < -0.39 is 10.0 Å².